The van der Waals surface area contributed by atoms with Crippen molar-refractivity contribution in [3.05, 3.63) is 81.8 Å². The fourth-order valence-corrected chi connectivity index (χ4v) is 2.14. The summed E-state index contributed by atoms with van der Waals surface area (Å²) in [6, 6.07) is 18.6. The van der Waals surface area contributed by atoms with Crippen LogP contribution in [-0.4, -0.2) is 15.2 Å². The summed E-state index contributed by atoms with van der Waals surface area (Å²) in [5, 5.41) is 19.9. The summed E-state index contributed by atoms with van der Waals surface area (Å²) in [4.78, 5) is 14.8. The molecule has 3 rings (SSSR count). The molecule has 0 bridgehead atoms. The van der Waals surface area contributed by atoms with Gasteiger partial charge in [-0.3, -0.25) is 9.78 Å². The Morgan fingerprint density at radius 3 is 2.52 bits per heavy atom. The van der Waals surface area contributed by atoms with E-state index in [-0.39, 0.29) is 11.5 Å². The van der Waals surface area contributed by atoms with Crippen LogP contribution in [0.3, 0.4) is 0 Å². The van der Waals surface area contributed by atoms with Crippen molar-refractivity contribution in [3.63, 3.8) is 0 Å². The van der Waals surface area contributed by atoms with Crippen LogP contribution in [0.2, 0.25) is 0 Å². The van der Waals surface area contributed by atoms with Crippen LogP contribution in [0.5, 0.6) is 0 Å². The minimum atomic E-state index is -0.305. The third kappa shape index (κ3) is 3.41. The van der Waals surface area contributed by atoms with Gasteiger partial charge >= 0.3 is 0 Å². The van der Waals surface area contributed by atoms with Gasteiger partial charge in [0.05, 0.1) is 11.3 Å². The fraction of sp³-hybridized carbons (Fsp3) is 0.0588. The first-order chi connectivity index (χ1) is 11.3. The Labute approximate surface area is 132 Å². The Morgan fingerprint density at radius 2 is 1.78 bits per heavy atom. The van der Waals surface area contributed by atoms with Gasteiger partial charge in [-0.15, -0.1) is 10.2 Å². The van der Waals surface area contributed by atoms with Crippen molar-refractivity contribution >= 4 is 11.6 Å². The molecule has 0 atom stereocenters. The molecular formula is C17H13N5O. The molecule has 0 aliphatic carbocycles. The van der Waals surface area contributed by atoms with Gasteiger partial charge < -0.3 is 5.32 Å². The zero-order valence-corrected chi connectivity index (χ0v) is 12.2. The molecule has 0 fully saturated rings. The number of H-pyrrole nitrogens is 1. The van der Waals surface area contributed by atoms with Crippen molar-refractivity contribution < 1.29 is 0 Å². The number of aromatic amines is 1. The number of aromatic nitrogens is 3. The standard InChI is InChI=1S/C17H13N5O/c18-11-13-8-4-5-9-14(13)19-17-20-16(23)15(21-22-17)10-12-6-2-1-3-7-12/h1-9H,10H2,(H2,19,20,22,23). The van der Waals surface area contributed by atoms with Crippen molar-refractivity contribution in [1.29, 1.82) is 5.26 Å². The Hall–Kier alpha value is -3.46. The zero-order chi connectivity index (χ0) is 16.1. The number of nitriles is 1. The normalized spacial score (nSPS) is 10.0. The Balaban J connectivity index is 1.82. The number of benzene rings is 2. The van der Waals surface area contributed by atoms with E-state index in [0.29, 0.717) is 23.4 Å². The lowest BCUT2D eigenvalue weighted by Crippen LogP contribution is -2.19. The van der Waals surface area contributed by atoms with Crippen LogP contribution in [0.1, 0.15) is 16.8 Å². The largest absolute Gasteiger partial charge is 0.323 e. The summed E-state index contributed by atoms with van der Waals surface area (Å²) in [5.74, 6) is 0.203. The van der Waals surface area contributed by atoms with Crippen LogP contribution in [-0.2, 0) is 6.42 Å². The topological polar surface area (TPSA) is 94.5 Å². The average molecular weight is 303 g/mol. The van der Waals surface area contributed by atoms with Crippen molar-refractivity contribution in [2.24, 2.45) is 0 Å². The average Bonchev–Trinajstić information content (AvgIpc) is 2.59. The van der Waals surface area contributed by atoms with Crippen molar-refractivity contribution in [2.45, 2.75) is 6.42 Å². The van der Waals surface area contributed by atoms with E-state index in [1.165, 1.54) is 0 Å². The third-order valence-electron chi connectivity index (χ3n) is 3.28. The number of hydrogen-bond donors (Lipinski definition) is 2. The second-order valence-electron chi connectivity index (χ2n) is 4.89. The molecule has 1 heterocycles. The molecular weight excluding hydrogens is 290 g/mol. The van der Waals surface area contributed by atoms with Gasteiger partial charge in [0.2, 0.25) is 5.95 Å². The number of hydrogen-bond acceptors (Lipinski definition) is 5. The fourth-order valence-electron chi connectivity index (χ4n) is 2.14. The van der Waals surface area contributed by atoms with Gasteiger partial charge in [-0.1, -0.05) is 42.5 Å². The third-order valence-corrected chi connectivity index (χ3v) is 3.28. The number of nitrogens with one attached hydrogen (secondary N) is 2. The second kappa shape index (κ2) is 6.54. The summed E-state index contributed by atoms with van der Waals surface area (Å²) >= 11 is 0. The number of anilines is 2. The second-order valence-corrected chi connectivity index (χ2v) is 4.89. The Bertz CT molecular complexity index is 912. The number of nitrogens with zero attached hydrogens (tertiary/aromatic N) is 3. The van der Waals surface area contributed by atoms with Crippen LogP contribution in [0.15, 0.2) is 59.4 Å². The molecule has 0 unspecified atom stereocenters. The predicted molar refractivity (Wildman–Crippen MR) is 86.3 cm³/mol. The maximum Gasteiger partial charge on any atom is 0.274 e. The van der Waals surface area contributed by atoms with E-state index < -0.39 is 0 Å². The molecule has 112 valence electrons. The Morgan fingerprint density at radius 1 is 1.04 bits per heavy atom. The number of para-hydroxylation sites is 1. The first-order valence-electron chi connectivity index (χ1n) is 7.02. The first kappa shape index (κ1) is 14.5. The van der Waals surface area contributed by atoms with Crippen LogP contribution >= 0.6 is 0 Å². The van der Waals surface area contributed by atoms with Gasteiger partial charge in [-0.2, -0.15) is 5.26 Å². The lowest BCUT2D eigenvalue weighted by molar-refractivity contribution is 0.874. The van der Waals surface area contributed by atoms with Gasteiger partial charge in [-0.25, -0.2) is 0 Å². The monoisotopic (exact) mass is 303 g/mol. The summed E-state index contributed by atoms with van der Waals surface area (Å²) in [6.45, 7) is 0. The van der Waals surface area contributed by atoms with E-state index in [0.717, 1.165) is 5.56 Å². The molecule has 0 spiro atoms. The molecule has 0 aliphatic heterocycles. The number of rotatable bonds is 4. The zero-order valence-electron chi connectivity index (χ0n) is 12.2. The predicted octanol–water partition coefficient (Wildman–Crippen LogP) is 2.37. The minimum Gasteiger partial charge on any atom is -0.323 e. The molecule has 0 saturated heterocycles. The van der Waals surface area contributed by atoms with Crippen molar-refractivity contribution in [1.82, 2.24) is 15.2 Å². The van der Waals surface area contributed by atoms with Gasteiger partial charge in [0, 0.05) is 6.42 Å². The highest BCUT2D eigenvalue weighted by atomic mass is 16.1. The molecule has 1 aromatic heterocycles. The minimum absolute atomic E-state index is 0.203. The molecule has 6 heteroatoms. The molecule has 3 aromatic rings. The van der Waals surface area contributed by atoms with Crippen molar-refractivity contribution in [2.75, 3.05) is 5.32 Å². The molecule has 0 radical (unpaired) electrons. The lowest BCUT2D eigenvalue weighted by Gasteiger charge is -2.06. The van der Waals surface area contributed by atoms with Gasteiger partial charge in [-0.05, 0) is 17.7 Å². The van der Waals surface area contributed by atoms with E-state index >= 15 is 0 Å². The van der Waals surface area contributed by atoms with E-state index in [9.17, 15) is 4.79 Å². The molecule has 23 heavy (non-hydrogen) atoms. The summed E-state index contributed by atoms with van der Waals surface area (Å²) < 4.78 is 0. The maximum atomic E-state index is 12.1. The summed E-state index contributed by atoms with van der Waals surface area (Å²) in [6.07, 6.45) is 0.415. The van der Waals surface area contributed by atoms with Crippen LogP contribution in [0.25, 0.3) is 0 Å². The molecule has 0 amide bonds. The molecule has 6 nitrogen and oxygen atoms in total. The van der Waals surface area contributed by atoms with Crippen LogP contribution in [0.4, 0.5) is 11.6 Å². The van der Waals surface area contributed by atoms with E-state index in [1.54, 1.807) is 24.3 Å². The smallest absolute Gasteiger partial charge is 0.274 e. The molecule has 0 saturated carbocycles. The SMILES string of the molecule is N#Cc1ccccc1Nc1nnc(Cc2ccccc2)c(=O)[nH]1. The molecule has 0 aliphatic rings. The summed E-state index contributed by atoms with van der Waals surface area (Å²) in [7, 11) is 0. The van der Waals surface area contributed by atoms with E-state index in [4.69, 9.17) is 5.26 Å². The first-order valence-corrected chi connectivity index (χ1v) is 7.02. The van der Waals surface area contributed by atoms with Gasteiger partial charge in [0.25, 0.3) is 5.56 Å². The highest BCUT2D eigenvalue weighted by Crippen LogP contribution is 2.16. The van der Waals surface area contributed by atoms with E-state index in [1.807, 2.05) is 30.3 Å². The summed E-state index contributed by atoms with van der Waals surface area (Å²) in [5.41, 5.74) is 2.05. The molecule has 2 aromatic carbocycles. The van der Waals surface area contributed by atoms with Gasteiger partial charge in [0.1, 0.15) is 11.8 Å². The molecule has 2 N–H and O–H groups in total. The van der Waals surface area contributed by atoms with Gasteiger partial charge in [0.15, 0.2) is 0 Å². The Kier molecular flexibility index (Phi) is 4.11. The highest BCUT2D eigenvalue weighted by molar-refractivity contribution is 5.62. The quantitative estimate of drug-likeness (QED) is 0.771. The highest BCUT2D eigenvalue weighted by Gasteiger charge is 2.07. The van der Waals surface area contributed by atoms with Crippen LogP contribution < -0.4 is 10.9 Å². The van der Waals surface area contributed by atoms with Crippen LogP contribution in [0, 0.1) is 11.3 Å². The van der Waals surface area contributed by atoms with Crippen molar-refractivity contribution in [3.8, 4) is 6.07 Å². The maximum absolute atomic E-state index is 12.1. The van der Waals surface area contributed by atoms with E-state index in [2.05, 4.69) is 26.6 Å². The lowest BCUT2D eigenvalue weighted by atomic mass is 10.1.